The lowest BCUT2D eigenvalue weighted by molar-refractivity contribution is 0.749. The minimum absolute atomic E-state index is 0.218. The Bertz CT molecular complexity index is 305. The number of anilines is 1. The van der Waals surface area contributed by atoms with Crippen molar-refractivity contribution in [3.05, 3.63) is 11.6 Å². The highest BCUT2D eigenvalue weighted by molar-refractivity contribution is 6.28. The molecule has 0 aliphatic carbocycles. The second-order valence-corrected chi connectivity index (χ2v) is 3.39. The minimum atomic E-state index is 0.218. The Kier molecular flexibility index (Phi) is 2.28. The third-order valence-electron chi connectivity index (χ3n) is 2.04. The molecule has 1 aliphatic heterocycles. The number of nitrogens with zero attached hydrogens (tertiary/aromatic N) is 4. The van der Waals surface area contributed by atoms with E-state index in [1.54, 1.807) is 0 Å². The van der Waals surface area contributed by atoms with E-state index < -0.39 is 0 Å². The van der Waals surface area contributed by atoms with E-state index in [-0.39, 0.29) is 11.3 Å². The average Bonchev–Trinajstić information content (AvgIpc) is 2.52. The molecule has 2 N–H and O–H groups in total. The molecular weight excluding hydrogens is 190 g/mol. The average molecular weight is 200 g/mol. The summed E-state index contributed by atoms with van der Waals surface area (Å²) >= 11 is 5.64. The summed E-state index contributed by atoms with van der Waals surface area (Å²) < 4.78 is 0. The van der Waals surface area contributed by atoms with Gasteiger partial charge in [0, 0.05) is 19.1 Å². The highest BCUT2D eigenvalue weighted by Crippen LogP contribution is 2.14. The van der Waals surface area contributed by atoms with Crippen LogP contribution in [-0.2, 0) is 0 Å². The predicted molar refractivity (Wildman–Crippen MR) is 49.6 cm³/mol. The van der Waals surface area contributed by atoms with Crippen LogP contribution in [0.4, 0.5) is 5.95 Å². The van der Waals surface area contributed by atoms with Gasteiger partial charge in [0.2, 0.25) is 11.2 Å². The third kappa shape index (κ3) is 1.87. The molecule has 0 amide bonds. The molecule has 0 saturated carbocycles. The van der Waals surface area contributed by atoms with Crippen LogP contribution in [-0.4, -0.2) is 34.1 Å². The second kappa shape index (κ2) is 3.43. The van der Waals surface area contributed by atoms with Gasteiger partial charge in [-0.05, 0) is 18.0 Å². The van der Waals surface area contributed by atoms with Gasteiger partial charge < -0.3 is 10.6 Å². The Morgan fingerprint density at radius 2 is 2.38 bits per heavy atom. The molecule has 1 aromatic heterocycles. The molecule has 1 saturated heterocycles. The van der Waals surface area contributed by atoms with E-state index in [9.17, 15) is 0 Å². The highest BCUT2D eigenvalue weighted by Gasteiger charge is 2.21. The van der Waals surface area contributed by atoms with Crippen LogP contribution < -0.4 is 10.6 Å². The fraction of sp³-hybridized carbons (Fsp3) is 0.571. The Morgan fingerprint density at radius 3 is 3.00 bits per heavy atom. The van der Waals surface area contributed by atoms with Gasteiger partial charge in [0.25, 0.3) is 0 Å². The first kappa shape index (κ1) is 8.65. The van der Waals surface area contributed by atoms with Gasteiger partial charge in [0.05, 0.1) is 0 Å². The van der Waals surface area contributed by atoms with E-state index in [4.69, 9.17) is 17.3 Å². The van der Waals surface area contributed by atoms with Crippen LogP contribution in [0.5, 0.6) is 0 Å². The molecule has 1 aromatic rings. The number of hydrogen-bond donors (Lipinski definition) is 1. The molecule has 0 aromatic carbocycles. The number of halogens is 1. The van der Waals surface area contributed by atoms with Crippen LogP contribution in [0.25, 0.3) is 0 Å². The lowest BCUT2D eigenvalue weighted by Gasteiger charge is -2.14. The zero-order valence-corrected chi connectivity index (χ0v) is 7.78. The molecule has 13 heavy (non-hydrogen) atoms. The molecule has 70 valence electrons. The maximum absolute atomic E-state index is 5.75. The Morgan fingerprint density at radius 1 is 1.54 bits per heavy atom. The standard InChI is InChI=1S/C7H10ClN5/c8-6-10-4-11-7(12-6)13-2-1-5(9)3-13/h4-5H,1-3,9H2. The van der Waals surface area contributed by atoms with Gasteiger partial charge in [-0.1, -0.05) is 0 Å². The Labute approximate surface area is 80.9 Å². The molecule has 1 fully saturated rings. The fourth-order valence-electron chi connectivity index (χ4n) is 1.39. The first-order chi connectivity index (χ1) is 6.25. The molecule has 2 rings (SSSR count). The van der Waals surface area contributed by atoms with E-state index in [1.165, 1.54) is 6.33 Å². The first-order valence-electron chi connectivity index (χ1n) is 4.11. The summed E-state index contributed by atoms with van der Waals surface area (Å²) in [5, 5.41) is 0.227. The van der Waals surface area contributed by atoms with Crippen LogP contribution in [0.1, 0.15) is 6.42 Å². The van der Waals surface area contributed by atoms with E-state index >= 15 is 0 Å². The maximum Gasteiger partial charge on any atom is 0.229 e. The summed E-state index contributed by atoms with van der Waals surface area (Å²) in [5.41, 5.74) is 5.75. The molecule has 0 bridgehead atoms. The molecule has 1 unspecified atom stereocenters. The zero-order valence-electron chi connectivity index (χ0n) is 7.02. The number of aromatic nitrogens is 3. The number of rotatable bonds is 1. The normalized spacial score (nSPS) is 22.3. The van der Waals surface area contributed by atoms with Crippen LogP contribution in [0.2, 0.25) is 5.28 Å². The van der Waals surface area contributed by atoms with Gasteiger partial charge in [0.1, 0.15) is 6.33 Å². The lowest BCUT2D eigenvalue weighted by Crippen LogP contribution is -2.27. The van der Waals surface area contributed by atoms with Crippen LogP contribution in [0.15, 0.2) is 6.33 Å². The predicted octanol–water partition coefficient (Wildman–Crippen LogP) is 0.0624. The van der Waals surface area contributed by atoms with Gasteiger partial charge in [-0.3, -0.25) is 0 Å². The summed E-state index contributed by atoms with van der Waals surface area (Å²) in [5.74, 6) is 0.618. The Hall–Kier alpha value is -0.940. The molecule has 2 heterocycles. The zero-order chi connectivity index (χ0) is 9.26. The second-order valence-electron chi connectivity index (χ2n) is 3.05. The summed E-state index contributed by atoms with van der Waals surface area (Å²) in [4.78, 5) is 13.8. The van der Waals surface area contributed by atoms with Crippen molar-refractivity contribution in [3.8, 4) is 0 Å². The van der Waals surface area contributed by atoms with Gasteiger partial charge in [-0.25, -0.2) is 9.97 Å². The van der Waals surface area contributed by atoms with E-state index in [0.717, 1.165) is 19.5 Å². The fourth-order valence-corrected chi connectivity index (χ4v) is 1.51. The molecule has 1 aliphatic rings. The molecular formula is C7H10ClN5. The lowest BCUT2D eigenvalue weighted by atomic mass is 10.3. The molecule has 0 radical (unpaired) electrons. The van der Waals surface area contributed by atoms with Crippen molar-refractivity contribution in [3.63, 3.8) is 0 Å². The highest BCUT2D eigenvalue weighted by atomic mass is 35.5. The molecule has 1 atom stereocenters. The summed E-state index contributed by atoms with van der Waals surface area (Å²) in [7, 11) is 0. The summed E-state index contributed by atoms with van der Waals surface area (Å²) in [6, 6.07) is 0.218. The van der Waals surface area contributed by atoms with Gasteiger partial charge in [0.15, 0.2) is 0 Å². The number of hydrogen-bond acceptors (Lipinski definition) is 5. The van der Waals surface area contributed by atoms with Crippen LogP contribution >= 0.6 is 11.6 Å². The first-order valence-corrected chi connectivity index (χ1v) is 4.48. The van der Waals surface area contributed by atoms with Crippen molar-refractivity contribution in [1.29, 1.82) is 0 Å². The minimum Gasteiger partial charge on any atom is -0.339 e. The van der Waals surface area contributed by atoms with Gasteiger partial charge >= 0.3 is 0 Å². The largest absolute Gasteiger partial charge is 0.339 e. The van der Waals surface area contributed by atoms with Crippen molar-refractivity contribution in [2.24, 2.45) is 5.73 Å². The van der Waals surface area contributed by atoms with Gasteiger partial charge in [-0.2, -0.15) is 4.98 Å². The topological polar surface area (TPSA) is 67.9 Å². The molecule has 5 nitrogen and oxygen atoms in total. The van der Waals surface area contributed by atoms with E-state index in [1.807, 2.05) is 4.90 Å². The van der Waals surface area contributed by atoms with Crippen LogP contribution in [0.3, 0.4) is 0 Å². The van der Waals surface area contributed by atoms with Crippen molar-refractivity contribution >= 4 is 17.5 Å². The van der Waals surface area contributed by atoms with Crippen molar-refractivity contribution in [2.45, 2.75) is 12.5 Å². The van der Waals surface area contributed by atoms with Crippen LogP contribution in [0, 0.1) is 0 Å². The smallest absolute Gasteiger partial charge is 0.229 e. The SMILES string of the molecule is NC1CCN(c2ncnc(Cl)n2)C1. The maximum atomic E-state index is 5.75. The summed E-state index contributed by atoms with van der Waals surface area (Å²) in [6.07, 6.45) is 2.39. The monoisotopic (exact) mass is 199 g/mol. The summed E-state index contributed by atoms with van der Waals surface area (Å²) in [6.45, 7) is 1.68. The molecule has 6 heteroatoms. The Balaban J connectivity index is 2.16. The number of nitrogens with two attached hydrogens (primary N) is 1. The third-order valence-corrected chi connectivity index (χ3v) is 2.22. The van der Waals surface area contributed by atoms with Crippen molar-refractivity contribution in [2.75, 3.05) is 18.0 Å². The van der Waals surface area contributed by atoms with Crippen molar-refractivity contribution in [1.82, 2.24) is 15.0 Å². The van der Waals surface area contributed by atoms with Crippen molar-refractivity contribution < 1.29 is 0 Å². The van der Waals surface area contributed by atoms with E-state index in [2.05, 4.69) is 15.0 Å². The quantitative estimate of drug-likeness (QED) is 0.693. The van der Waals surface area contributed by atoms with Gasteiger partial charge in [-0.15, -0.1) is 0 Å². The molecule has 0 spiro atoms. The van der Waals surface area contributed by atoms with E-state index in [0.29, 0.717) is 5.95 Å².